The van der Waals surface area contributed by atoms with Crippen molar-refractivity contribution in [3.63, 3.8) is 0 Å². The maximum absolute atomic E-state index is 13.4. The van der Waals surface area contributed by atoms with Gasteiger partial charge in [-0.15, -0.1) is 10.2 Å². The summed E-state index contributed by atoms with van der Waals surface area (Å²) in [5, 5.41) is 7.48. The summed E-state index contributed by atoms with van der Waals surface area (Å²) in [5.41, 5.74) is 1.02. The third kappa shape index (κ3) is 1.79. The van der Waals surface area contributed by atoms with E-state index in [2.05, 4.69) is 16.8 Å². The molecule has 0 aliphatic heterocycles. The summed E-state index contributed by atoms with van der Waals surface area (Å²) in [7, 11) is 0. The van der Waals surface area contributed by atoms with E-state index in [0.29, 0.717) is 22.9 Å². The molecule has 0 unspecified atom stereocenters. The summed E-state index contributed by atoms with van der Waals surface area (Å²) in [4.78, 5) is 0. The van der Waals surface area contributed by atoms with Gasteiger partial charge in [0.2, 0.25) is 11.8 Å². The number of aryl methyl sites for hydroxylation is 1. The molecule has 0 saturated heterocycles. The molecular formula is C11H9FN2O. The second kappa shape index (κ2) is 3.65. The minimum absolute atomic E-state index is 0.321. The summed E-state index contributed by atoms with van der Waals surface area (Å²) < 4.78 is 18.6. The summed E-state index contributed by atoms with van der Waals surface area (Å²) in [5.74, 6) is 0.429. The van der Waals surface area contributed by atoms with E-state index in [4.69, 9.17) is 4.42 Å². The molecule has 3 nitrogen and oxygen atoms in total. The van der Waals surface area contributed by atoms with Gasteiger partial charge in [0.05, 0.1) is 0 Å². The second-order valence-electron chi connectivity index (χ2n) is 3.07. The average molecular weight is 204 g/mol. The van der Waals surface area contributed by atoms with Crippen LogP contribution in [0.15, 0.2) is 29.2 Å². The van der Waals surface area contributed by atoms with E-state index in [1.165, 1.54) is 12.1 Å². The first-order valence-electron chi connectivity index (χ1n) is 4.43. The van der Waals surface area contributed by atoms with Crippen molar-refractivity contribution in [2.75, 3.05) is 0 Å². The molecule has 0 aliphatic rings. The Morgan fingerprint density at radius 2 is 2.20 bits per heavy atom. The molecule has 0 aliphatic carbocycles. The van der Waals surface area contributed by atoms with Gasteiger partial charge in [0, 0.05) is 18.1 Å². The fourth-order valence-electron chi connectivity index (χ4n) is 1.24. The quantitative estimate of drug-likeness (QED) is 0.755. The highest BCUT2D eigenvalue weighted by Gasteiger charge is 2.08. The van der Waals surface area contributed by atoms with Crippen molar-refractivity contribution in [2.45, 2.75) is 6.92 Å². The normalized spacial score (nSPS) is 10.3. The van der Waals surface area contributed by atoms with Crippen LogP contribution in [-0.2, 0) is 0 Å². The predicted octanol–water partition coefficient (Wildman–Crippen LogP) is 2.83. The van der Waals surface area contributed by atoms with Crippen LogP contribution in [0.1, 0.15) is 11.5 Å². The molecule has 0 saturated carbocycles. The Balaban J connectivity index is 2.46. The highest BCUT2D eigenvalue weighted by atomic mass is 19.1. The summed E-state index contributed by atoms with van der Waals surface area (Å²) >= 11 is 0. The van der Waals surface area contributed by atoms with Crippen molar-refractivity contribution in [1.29, 1.82) is 0 Å². The summed E-state index contributed by atoms with van der Waals surface area (Å²) in [6.45, 7) is 5.19. The van der Waals surface area contributed by atoms with Gasteiger partial charge in [-0.25, -0.2) is 4.39 Å². The largest absolute Gasteiger partial charge is 0.421 e. The average Bonchev–Trinajstić information content (AvgIpc) is 2.65. The SMILES string of the molecule is C=Cc1ccc(-c2nnc(C)o2)cc1F. The smallest absolute Gasteiger partial charge is 0.247 e. The van der Waals surface area contributed by atoms with Gasteiger partial charge in [0.1, 0.15) is 5.82 Å². The number of nitrogens with zero attached hydrogens (tertiary/aromatic N) is 2. The maximum atomic E-state index is 13.4. The number of aromatic nitrogens is 2. The Kier molecular flexibility index (Phi) is 2.33. The number of rotatable bonds is 2. The molecule has 1 aromatic heterocycles. The molecule has 15 heavy (non-hydrogen) atoms. The van der Waals surface area contributed by atoms with Gasteiger partial charge in [-0.1, -0.05) is 18.7 Å². The summed E-state index contributed by atoms with van der Waals surface area (Å²) in [6.07, 6.45) is 1.46. The van der Waals surface area contributed by atoms with Crippen LogP contribution in [0, 0.1) is 12.7 Å². The van der Waals surface area contributed by atoms with Crippen molar-refractivity contribution in [1.82, 2.24) is 10.2 Å². The van der Waals surface area contributed by atoms with Crippen molar-refractivity contribution in [3.05, 3.63) is 42.0 Å². The van der Waals surface area contributed by atoms with E-state index in [-0.39, 0.29) is 5.82 Å². The van der Waals surface area contributed by atoms with Crippen LogP contribution in [0.4, 0.5) is 4.39 Å². The molecule has 0 bridgehead atoms. The molecular weight excluding hydrogens is 195 g/mol. The van der Waals surface area contributed by atoms with E-state index in [0.717, 1.165) is 0 Å². The topological polar surface area (TPSA) is 38.9 Å². The van der Waals surface area contributed by atoms with E-state index >= 15 is 0 Å². The van der Waals surface area contributed by atoms with E-state index < -0.39 is 0 Å². The van der Waals surface area contributed by atoms with Crippen LogP contribution in [0.25, 0.3) is 17.5 Å². The zero-order valence-electron chi connectivity index (χ0n) is 8.20. The molecule has 1 heterocycles. The highest BCUT2D eigenvalue weighted by Crippen LogP contribution is 2.20. The number of hydrogen-bond donors (Lipinski definition) is 0. The van der Waals surface area contributed by atoms with Crippen LogP contribution < -0.4 is 0 Å². The number of halogens is 1. The molecule has 1 aromatic carbocycles. The van der Waals surface area contributed by atoms with Gasteiger partial charge in [-0.2, -0.15) is 0 Å². The molecule has 76 valence electrons. The monoisotopic (exact) mass is 204 g/mol. The van der Waals surface area contributed by atoms with E-state index in [1.54, 1.807) is 19.1 Å². The van der Waals surface area contributed by atoms with Gasteiger partial charge < -0.3 is 4.42 Å². The van der Waals surface area contributed by atoms with Crippen molar-refractivity contribution in [2.24, 2.45) is 0 Å². The lowest BCUT2D eigenvalue weighted by atomic mass is 10.1. The highest BCUT2D eigenvalue weighted by molar-refractivity contribution is 5.58. The van der Waals surface area contributed by atoms with Crippen LogP contribution >= 0.6 is 0 Å². The third-order valence-corrected chi connectivity index (χ3v) is 1.99. The zero-order valence-corrected chi connectivity index (χ0v) is 8.20. The third-order valence-electron chi connectivity index (χ3n) is 1.99. The first kappa shape index (κ1) is 9.58. The molecule has 0 radical (unpaired) electrons. The zero-order chi connectivity index (χ0) is 10.8. The van der Waals surface area contributed by atoms with Crippen molar-refractivity contribution < 1.29 is 8.81 Å². The Hall–Kier alpha value is -1.97. The minimum Gasteiger partial charge on any atom is -0.421 e. The fourth-order valence-corrected chi connectivity index (χ4v) is 1.24. The van der Waals surface area contributed by atoms with Gasteiger partial charge in [-0.05, 0) is 12.1 Å². The molecule has 0 spiro atoms. The minimum atomic E-state index is -0.349. The van der Waals surface area contributed by atoms with Gasteiger partial charge in [-0.3, -0.25) is 0 Å². The van der Waals surface area contributed by atoms with Crippen LogP contribution in [0.2, 0.25) is 0 Å². The number of hydrogen-bond acceptors (Lipinski definition) is 3. The second-order valence-corrected chi connectivity index (χ2v) is 3.07. The maximum Gasteiger partial charge on any atom is 0.247 e. The van der Waals surface area contributed by atoms with Crippen LogP contribution in [0.5, 0.6) is 0 Å². The predicted molar refractivity (Wildman–Crippen MR) is 54.5 cm³/mol. The first-order chi connectivity index (χ1) is 7.20. The van der Waals surface area contributed by atoms with E-state index in [9.17, 15) is 4.39 Å². The Labute approximate surface area is 86.3 Å². The Morgan fingerprint density at radius 1 is 1.40 bits per heavy atom. The summed E-state index contributed by atoms with van der Waals surface area (Å²) in [6, 6.07) is 4.69. The van der Waals surface area contributed by atoms with Crippen LogP contribution in [0.3, 0.4) is 0 Å². The van der Waals surface area contributed by atoms with Crippen LogP contribution in [-0.4, -0.2) is 10.2 Å². The van der Waals surface area contributed by atoms with Crippen molar-refractivity contribution >= 4 is 6.08 Å². The molecule has 2 rings (SSSR count). The molecule has 0 atom stereocenters. The standard InChI is InChI=1S/C11H9FN2O/c1-3-8-4-5-9(6-10(8)12)11-14-13-7(2)15-11/h3-6H,1H2,2H3. The number of benzene rings is 1. The first-order valence-corrected chi connectivity index (χ1v) is 4.43. The molecule has 0 fully saturated rings. The van der Waals surface area contributed by atoms with Crippen molar-refractivity contribution in [3.8, 4) is 11.5 Å². The van der Waals surface area contributed by atoms with Gasteiger partial charge >= 0.3 is 0 Å². The molecule has 0 N–H and O–H groups in total. The Morgan fingerprint density at radius 3 is 2.73 bits per heavy atom. The molecule has 0 amide bonds. The lowest BCUT2D eigenvalue weighted by Crippen LogP contribution is -1.84. The molecule has 4 heteroatoms. The lowest BCUT2D eigenvalue weighted by molar-refractivity contribution is 0.532. The van der Waals surface area contributed by atoms with Gasteiger partial charge in [0.15, 0.2) is 0 Å². The Bertz CT molecular complexity index is 505. The fraction of sp³-hybridized carbons (Fsp3) is 0.0909. The van der Waals surface area contributed by atoms with E-state index in [1.807, 2.05) is 0 Å². The lowest BCUT2D eigenvalue weighted by Gasteiger charge is -1.98. The molecule has 2 aromatic rings. The van der Waals surface area contributed by atoms with Gasteiger partial charge in [0.25, 0.3) is 0 Å².